The average molecular weight is 520 g/mol. The standard InChI is InChI=1S/C24H27ClFN5O3S/c1-24(2,3)28-35(33,34)19-9-18-11-27-14-30(18)22(10-19)31-16-5-6-17(31)13-29(12-16)23(32)20-7-4-15(26)8-21(20)25/h4,7-11,14,16-17,28H,5-6,12-13H2,1-3H3/t16-,17+. The van der Waals surface area contributed by atoms with Gasteiger partial charge in [0.15, 0.2) is 0 Å². The molecule has 0 unspecified atom stereocenters. The summed E-state index contributed by atoms with van der Waals surface area (Å²) in [4.78, 5) is 21.6. The number of anilines is 1. The van der Waals surface area contributed by atoms with Crippen LogP contribution in [0, 0.1) is 5.82 Å². The van der Waals surface area contributed by atoms with E-state index in [0.717, 1.165) is 24.7 Å². The van der Waals surface area contributed by atoms with Gasteiger partial charge in [-0.2, -0.15) is 0 Å². The number of likely N-dealkylation sites (tertiary alicyclic amines) is 1. The van der Waals surface area contributed by atoms with Gasteiger partial charge in [-0.3, -0.25) is 9.20 Å². The Morgan fingerprint density at radius 1 is 1.14 bits per heavy atom. The number of sulfonamides is 1. The van der Waals surface area contributed by atoms with Gasteiger partial charge in [-0.05, 0) is 63.9 Å². The molecule has 4 heterocycles. The number of hydrogen-bond donors (Lipinski definition) is 1. The molecule has 11 heteroatoms. The van der Waals surface area contributed by atoms with E-state index in [1.165, 1.54) is 12.1 Å². The number of nitrogens with zero attached hydrogens (tertiary/aromatic N) is 4. The van der Waals surface area contributed by atoms with Gasteiger partial charge in [0.05, 0.1) is 27.2 Å². The minimum atomic E-state index is -3.76. The zero-order valence-corrected chi connectivity index (χ0v) is 21.3. The maximum Gasteiger partial charge on any atom is 0.255 e. The summed E-state index contributed by atoms with van der Waals surface area (Å²) in [6.07, 6.45) is 5.03. The van der Waals surface area contributed by atoms with Gasteiger partial charge in [-0.15, -0.1) is 0 Å². The Bertz CT molecular complexity index is 1400. The van der Waals surface area contributed by atoms with Crippen LogP contribution in [0.5, 0.6) is 0 Å². The number of nitrogens with one attached hydrogen (secondary N) is 1. The summed E-state index contributed by atoms with van der Waals surface area (Å²) in [7, 11) is -3.76. The van der Waals surface area contributed by atoms with Gasteiger partial charge in [0.25, 0.3) is 5.91 Å². The molecule has 2 aliphatic heterocycles. The SMILES string of the molecule is CC(C)(C)NS(=O)(=O)c1cc(N2[C@@H]3CC[C@H]2CN(C(=O)c2ccc(F)cc2Cl)C3)n2cncc2c1. The Balaban J connectivity index is 1.48. The zero-order valence-electron chi connectivity index (χ0n) is 19.7. The van der Waals surface area contributed by atoms with Crippen LogP contribution in [-0.2, 0) is 10.0 Å². The quantitative estimate of drug-likeness (QED) is 0.568. The smallest absolute Gasteiger partial charge is 0.255 e. The predicted molar refractivity (Wildman–Crippen MR) is 132 cm³/mol. The largest absolute Gasteiger partial charge is 0.348 e. The van der Waals surface area contributed by atoms with E-state index < -0.39 is 21.4 Å². The minimum Gasteiger partial charge on any atom is -0.348 e. The minimum absolute atomic E-state index is 0.00365. The van der Waals surface area contributed by atoms with Crippen LogP contribution >= 0.6 is 11.6 Å². The third-order valence-corrected chi connectivity index (χ3v) is 8.47. The highest BCUT2D eigenvalue weighted by Gasteiger charge is 2.43. The van der Waals surface area contributed by atoms with Crippen LogP contribution in [0.1, 0.15) is 44.0 Å². The van der Waals surface area contributed by atoms with Crippen molar-refractivity contribution in [1.29, 1.82) is 0 Å². The van der Waals surface area contributed by atoms with Crippen molar-refractivity contribution >= 4 is 38.9 Å². The summed E-state index contributed by atoms with van der Waals surface area (Å²) in [6, 6.07) is 7.09. The maximum atomic E-state index is 13.5. The zero-order chi connectivity index (χ0) is 25.1. The number of imidazole rings is 1. The molecular weight excluding hydrogens is 493 g/mol. The van der Waals surface area contributed by atoms with Crippen molar-refractivity contribution in [2.45, 2.75) is 56.1 Å². The number of rotatable bonds is 4. The van der Waals surface area contributed by atoms with Gasteiger partial charge < -0.3 is 9.80 Å². The predicted octanol–water partition coefficient (Wildman–Crippen LogP) is 3.70. The number of carbonyl (C=O) groups excluding carboxylic acids is 1. The molecule has 0 spiro atoms. The van der Waals surface area contributed by atoms with E-state index in [0.29, 0.717) is 18.6 Å². The number of hydrogen-bond acceptors (Lipinski definition) is 5. The second-order valence-electron chi connectivity index (χ2n) is 10.2. The maximum absolute atomic E-state index is 13.5. The molecule has 2 aliphatic rings. The molecule has 2 atom stereocenters. The monoisotopic (exact) mass is 519 g/mol. The molecule has 0 aliphatic carbocycles. The van der Waals surface area contributed by atoms with Gasteiger partial charge in [0.1, 0.15) is 18.0 Å². The molecule has 2 bridgehead atoms. The lowest BCUT2D eigenvalue weighted by Gasteiger charge is -2.42. The number of piperazine rings is 1. The van der Waals surface area contributed by atoms with E-state index in [1.807, 2.05) is 4.40 Å². The number of amides is 1. The van der Waals surface area contributed by atoms with Crippen molar-refractivity contribution < 1.29 is 17.6 Å². The summed E-state index contributed by atoms with van der Waals surface area (Å²) in [5, 5.41) is 0.0918. The molecular formula is C24H27ClFN5O3S. The molecule has 1 aromatic carbocycles. The van der Waals surface area contributed by atoms with E-state index in [2.05, 4.69) is 14.6 Å². The van der Waals surface area contributed by atoms with Crippen LogP contribution in [0.2, 0.25) is 5.02 Å². The van der Waals surface area contributed by atoms with E-state index in [1.54, 1.807) is 50.3 Å². The highest BCUT2D eigenvalue weighted by atomic mass is 35.5. The highest BCUT2D eigenvalue weighted by molar-refractivity contribution is 7.89. The van der Waals surface area contributed by atoms with Crippen molar-refractivity contribution in [3.05, 3.63) is 59.3 Å². The van der Waals surface area contributed by atoms with Crippen LogP contribution in [0.3, 0.4) is 0 Å². The molecule has 2 saturated heterocycles. The number of benzene rings is 1. The Hall–Kier alpha value is -2.69. The van der Waals surface area contributed by atoms with E-state index in [9.17, 15) is 17.6 Å². The molecule has 35 heavy (non-hydrogen) atoms. The van der Waals surface area contributed by atoms with Crippen LogP contribution in [0.4, 0.5) is 10.2 Å². The summed E-state index contributed by atoms with van der Waals surface area (Å²) in [6.45, 7) is 6.30. The topological polar surface area (TPSA) is 87.0 Å². The number of carbonyl (C=O) groups is 1. The number of halogens is 2. The third-order valence-electron chi connectivity index (χ3n) is 6.42. The molecule has 1 N–H and O–H groups in total. The van der Waals surface area contributed by atoms with Crippen molar-refractivity contribution in [3.63, 3.8) is 0 Å². The lowest BCUT2D eigenvalue weighted by atomic mass is 10.1. The molecule has 0 radical (unpaired) electrons. The third kappa shape index (κ3) is 4.50. The number of pyridine rings is 1. The van der Waals surface area contributed by atoms with Crippen LogP contribution in [0.25, 0.3) is 5.52 Å². The Morgan fingerprint density at radius 3 is 2.46 bits per heavy atom. The lowest BCUT2D eigenvalue weighted by molar-refractivity contribution is 0.0717. The van der Waals surface area contributed by atoms with Gasteiger partial charge in [0.2, 0.25) is 10.0 Å². The summed E-state index contributed by atoms with van der Waals surface area (Å²) >= 11 is 6.14. The molecule has 1 amide bonds. The second kappa shape index (κ2) is 8.46. The fourth-order valence-corrected chi connectivity index (χ4v) is 6.79. The molecule has 186 valence electrons. The van der Waals surface area contributed by atoms with E-state index in [4.69, 9.17) is 11.6 Å². The Labute approximate surface area is 208 Å². The highest BCUT2D eigenvalue weighted by Crippen LogP contribution is 2.37. The summed E-state index contributed by atoms with van der Waals surface area (Å²) in [5.74, 6) is 0.00954. The van der Waals surface area contributed by atoms with Gasteiger partial charge in [0, 0.05) is 30.7 Å². The molecule has 2 aromatic heterocycles. The molecule has 0 saturated carbocycles. The van der Waals surface area contributed by atoms with Gasteiger partial charge >= 0.3 is 0 Å². The van der Waals surface area contributed by atoms with Gasteiger partial charge in [-0.25, -0.2) is 22.5 Å². The van der Waals surface area contributed by atoms with Gasteiger partial charge in [-0.1, -0.05) is 11.6 Å². The van der Waals surface area contributed by atoms with Crippen molar-refractivity contribution in [3.8, 4) is 0 Å². The molecule has 8 nitrogen and oxygen atoms in total. The number of aromatic nitrogens is 2. The first-order chi connectivity index (χ1) is 16.4. The first kappa shape index (κ1) is 24.0. The first-order valence-electron chi connectivity index (χ1n) is 11.5. The first-order valence-corrected chi connectivity index (χ1v) is 13.3. The van der Waals surface area contributed by atoms with Crippen LogP contribution in [-0.4, -0.2) is 59.3 Å². The Kier molecular flexibility index (Phi) is 5.81. The second-order valence-corrected chi connectivity index (χ2v) is 12.3. The Morgan fingerprint density at radius 2 is 1.83 bits per heavy atom. The molecule has 3 aromatic rings. The molecule has 5 rings (SSSR count). The lowest BCUT2D eigenvalue weighted by Crippen LogP contribution is -2.56. The fraction of sp³-hybridized carbons (Fsp3) is 0.417. The summed E-state index contributed by atoms with van der Waals surface area (Å²) in [5.41, 5.74) is 0.324. The van der Waals surface area contributed by atoms with Crippen molar-refractivity contribution in [2.75, 3.05) is 18.0 Å². The van der Waals surface area contributed by atoms with Crippen LogP contribution < -0.4 is 9.62 Å². The van der Waals surface area contributed by atoms with Crippen molar-refractivity contribution in [2.24, 2.45) is 0 Å². The average Bonchev–Trinajstić information content (AvgIpc) is 3.32. The van der Waals surface area contributed by atoms with E-state index >= 15 is 0 Å². The van der Waals surface area contributed by atoms with E-state index in [-0.39, 0.29) is 33.5 Å². The number of fused-ring (bicyclic) bond motifs is 3. The van der Waals surface area contributed by atoms with Crippen molar-refractivity contribution in [1.82, 2.24) is 19.0 Å². The fourth-order valence-electron chi connectivity index (χ4n) is 5.08. The molecule has 2 fully saturated rings. The van der Waals surface area contributed by atoms with Crippen LogP contribution in [0.15, 0.2) is 47.8 Å². The summed E-state index contributed by atoms with van der Waals surface area (Å²) < 4.78 is 44.3. The normalized spacial score (nSPS) is 20.6.